The van der Waals surface area contributed by atoms with Crippen LogP contribution in [0.15, 0.2) is 23.1 Å². The number of alkyl halides is 3. The van der Waals surface area contributed by atoms with Crippen LogP contribution in [0.2, 0.25) is 0 Å². The van der Waals surface area contributed by atoms with E-state index >= 15 is 0 Å². The first-order chi connectivity index (χ1) is 12.9. The summed E-state index contributed by atoms with van der Waals surface area (Å²) in [6.45, 7) is 0.540. The van der Waals surface area contributed by atoms with E-state index in [0.29, 0.717) is 12.2 Å². The Kier molecular flexibility index (Phi) is 5.21. The molecule has 10 heteroatoms. The molecule has 0 aliphatic heterocycles. The highest BCUT2D eigenvalue weighted by Crippen LogP contribution is 2.39. The predicted octanol–water partition coefficient (Wildman–Crippen LogP) is 2.76. The minimum Gasteiger partial charge on any atom is -0.403 e. The van der Waals surface area contributed by atoms with Crippen LogP contribution in [0.1, 0.15) is 24.8 Å². The van der Waals surface area contributed by atoms with Crippen LogP contribution >= 0.6 is 0 Å². The SMILES string of the molecule is CNc1nc(NC(=C/N)/C(=N\C[C@H]2CC2C#N)C2CC2)ncc1C(F)(F)F. The van der Waals surface area contributed by atoms with E-state index in [1.54, 1.807) is 0 Å². The standard InChI is InChI=1S/C17H20F3N7/c1-23-15-12(17(18,19)20)8-25-16(27-15)26-13(6-22)14(9-2-3-9)24-7-11-4-10(11)5-21/h6,8-11H,2-4,7,22H2,1H3,(H2,23,25,26,27)/b13-6+,24-14-/t10?,11-/m1/s1. The van der Waals surface area contributed by atoms with Crippen LogP contribution in [0.3, 0.4) is 0 Å². The number of rotatable bonds is 7. The summed E-state index contributed by atoms with van der Waals surface area (Å²) in [5.41, 5.74) is 6.02. The summed E-state index contributed by atoms with van der Waals surface area (Å²) in [6.07, 6.45) is 0.294. The third-order valence-electron chi connectivity index (χ3n) is 4.57. The summed E-state index contributed by atoms with van der Waals surface area (Å²) in [5, 5.41) is 14.2. The molecular formula is C17H20F3N7. The number of anilines is 2. The van der Waals surface area contributed by atoms with E-state index in [0.717, 1.165) is 31.2 Å². The molecule has 0 bridgehead atoms. The largest absolute Gasteiger partial charge is 0.421 e. The number of aromatic nitrogens is 2. The Balaban J connectivity index is 1.77. The van der Waals surface area contributed by atoms with Crippen LogP contribution in [0, 0.1) is 29.1 Å². The molecule has 7 nitrogen and oxygen atoms in total. The first kappa shape index (κ1) is 18.9. The van der Waals surface area contributed by atoms with Crippen molar-refractivity contribution in [2.75, 3.05) is 24.2 Å². The number of nitrogens with one attached hydrogen (secondary N) is 2. The van der Waals surface area contributed by atoms with Gasteiger partial charge in [0.1, 0.15) is 11.4 Å². The van der Waals surface area contributed by atoms with Gasteiger partial charge >= 0.3 is 6.18 Å². The van der Waals surface area contributed by atoms with Crippen molar-refractivity contribution in [1.29, 1.82) is 5.26 Å². The summed E-state index contributed by atoms with van der Waals surface area (Å²) < 4.78 is 38.9. The molecule has 27 heavy (non-hydrogen) atoms. The van der Waals surface area contributed by atoms with Gasteiger partial charge in [-0.25, -0.2) is 4.98 Å². The number of nitriles is 1. The molecule has 0 saturated heterocycles. The van der Waals surface area contributed by atoms with E-state index < -0.39 is 11.7 Å². The first-order valence-corrected chi connectivity index (χ1v) is 8.62. The van der Waals surface area contributed by atoms with Gasteiger partial charge in [0.05, 0.1) is 23.4 Å². The highest BCUT2D eigenvalue weighted by molar-refractivity contribution is 6.05. The van der Waals surface area contributed by atoms with Crippen molar-refractivity contribution in [3.8, 4) is 6.07 Å². The van der Waals surface area contributed by atoms with Gasteiger partial charge in [-0.3, -0.25) is 4.99 Å². The Morgan fingerprint density at radius 1 is 1.48 bits per heavy atom. The third kappa shape index (κ3) is 4.48. The Hall–Kier alpha value is -2.83. The average Bonchev–Trinajstić information content (AvgIpc) is 3.54. The fraction of sp³-hybridized carbons (Fsp3) is 0.529. The lowest BCUT2D eigenvalue weighted by atomic mass is 10.2. The Bertz CT molecular complexity index is 806. The second kappa shape index (κ2) is 7.42. The smallest absolute Gasteiger partial charge is 0.403 e. The number of allylic oxidation sites excluding steroid dienone is 1. The zero-order chi connectivity index (χ0) is 19.6. The molecule has 0 spiro atoms. The molecule has 0 amide bonds. The second-order valence-electron chi connectivity index (χ2n) is 6.64. The molecule has 0 radical (unpaired) electrons. The Morgan fingerprint density at radius 3 is 2.74 bits per heavy atom. The number of halogens is 3. The maximum Gasteiger partial charge on any atom is 0.421 e. The predicted molar refractivity (Wildman–Crippen MR) is 94.7 cm³/mol. The third-order valence-corrected chi connectivity index (χ3v) is 4.57. The van der Waals surface area contributed by atoms with Gasteiger partial charge in [0.2, 0.25) is 5.95 Å². The van der Waals surface area contributed by atoms with E-state index in [-0.39, 0.29) is 29.5 Å². The zero-order valence-electron chi connectivity index (χ0n) is 14.7. The molecular weight excluding hydrogens is 359 g/mol. The van der Waals surface area contributed by atoms with Crippen molar-refractivity contribution in [2.24, 2.45) is 28.5 Å². The van der Waals surface area contributed by atoms with Gasteiger partial charge in [0.25, 0.3) is 0 Å². The number of aliphatic imine (C=N–C) groups is 1. The van der Waals surface area contributed by atoms with Crippen molar-refractivity contribution in [1.82, 2.24) is 9.97 Å². The van der Waals surface area contributed by atoms with Crippen LogP contribution in [0.4, 0.5) is 24.9 Å². The minimum atomic E-state index is -4.55. The summed E-state index contributed by atoms with van der Waals surface area (Å²) >= 11 is 0. The lowest BCUT2D eigenvalue weighted by Crippen LogP contribution is -2.19. The molecule has 2 saturated carbocycles. The molecule has 4 N–H and O–H groups in total. The summed E-state index contributed by atoms with van der Waals surface area (Å²) in [4.78, 5) is 12.3. The molecule has 2 aliphatic carbocycles. The number of nitrogens with two attached hydrogens (primary N) is 1. The zero-order valence-corrected chi connectivity index (χ0v) is 14.7. The molecule has 1 aromatic heterocycles. The molecule has 2 atom stereocenters. The summed E-state index contributed by atoms with van der Waals surface area (Å²) in [5.74, 6) is 0.254. The summed E-state index contributed by atoms with van der Waals surface area (Å²) in [7, 11) is 1.36. The van der Waals surface area contributed by atoms with E-state index in [2.05, 4.69) is 31.7 Å². The molecule has 144 valence electrons. The molecule has 0 aromatic carbocycles. The van der Waals surface area contributed by atoms with Crippen molar-refractivity contribution in [3.63, 3.8) is 0 Å². The van der Waals surface area contributed by atoms with Gasteiger partial charge in [-0.2, -0.15) is 23.4 Å². The molecule has 1 aromatic rings. The molecule has 1 unspecified atom stereocenters. The van der Waals surface area contributed by atoms with Crippen molar-refractivity contribution < 1.29 is 13.2 Å². The van der Waals surface area contributed by atoms with Gasteiger partial charge in [-0.15, -0.1) is 0 Å². The van der Waals surface area contributed by atoms with Crippen molar-refractivity contribution in [3.05, 3.63) is 23.7 Å². The highest BCUT2D eigenvalue weighted by Gasteiger charge is 2.38. The Labute approximate surface area is 154 Å². The molecule has 2 fully saturated rings. The van der Waals surface area contributed by atoms with Gasteiger partial charge < -0.3 is 16.4 Å². The maximum absolute atomic E-state index is 13.0. The summed E-state index contributed by atoms with van der Waals surface area (Å²) in [6, 6.07) is 2.23. The number of hydrogen-bond donors (Lipinski definition) is 3. The van der Waals surface area contributed by atoms with Gasteiger partial charge in [0, 0.05) is 31.9 Å². The van der Waals surface area contributed by atoms with Crippen LogP contribution in [0.5, 0.6) is 0 Å². The second-order valence-corrected chi connectivity index (χ2v) is 6.64. The lowest BCUT2D eigenvalue weighted by Gasteiger charge is -2.15. The number of nitrogens with zero attached hydrogens (tertiary/aromatic N) is 4. The van der Waals surface area contributed by atoms with Crippen LogP contribution in [-0.2, 0) is 6.18 Å². The maximum atomic E-state index is 13.0. The fourth-order valence-electron chi connectivity index (χ4n) is 2.77. The first-order valence-electron chi connectivity index (χ1n) is 8.62. The van der Waals surface area contributed by atoms with Gasteiger partial charge in [-0.05, 0) is 25.2 Å². The van der Waals surface area contributed by atoms with Crippen molar-refractivity contribution >= 4 is 17.5 Å². The Morgan fingerprint density at radius 2 is 2.22 bits per heavy atom. The highest BCUT2D eigenvalue weighted by atomic mass is 19.4. The average molecular weight is 379 g/mol. The van der Waals surface area contributed by atoms with Gasteiger partial charge in [-0.1, -0.05) is 0 Å². The van der Waals surface area contributed by atoms with E-state index in [1.165, 1.54) is 13.2 Å². The molecule has 2 aliphatic rings. The van der Waals surface area contributed by atoms with Gasteiger partial charge in [0.15, 0.2) is 0 Å². The topological polar surface area (TPSA) is 112 Å². The quantitative estimate of drug-likeness (QED) is 0.628. The van der Waals surface area contributed by atoms with Crippen LogP contribution < -0.4 is 16.4 Å². The van der Waals surface area contributed by atoms with E-state index in [1.807, 2.05) is 0 Å². The van der Waals surface area contributed by atoms with E-state index in [4.69, 9.17) is 11.0 Å². The molecule has 3 rings (SSSR count). The van der Waals surface area contributed by atoms with Crippen LogP contribution in [-0.4, -0.2) is 29.3 Å². The normalized spacial score (nSPS) is 22.9. The minimum absolute atomic E-state index is 0.00118. The van der Waals surface area contributed by atoms with Crippen LogP contribution in [0.25, 0.3) is 0 Å². The monoisotopic (exact) mass is 379 g/mol. The lowest BCUT2D eigenvalue weighted by molar-refractivity contribution is -0.137. The van der Waals surface area contributed by atoms with E-state index in [9.17, 15) is 13.2 Å². The fourth-order valence-corrected chi connectivity index (χ4v) is 2.77. The van der Waals surface area contributed by atoms with Crippen molar-refractivity contribution in [2.45, 2.75) is 25.4 Å². The molecule has 1 heterocycles. The number of hydrogen-bond acceptors (Lipinski definition) is 7.